The van der Waals surface area contributed by atoms with Crippen LogP contribution >= 0.6 is 22.9 Å². The lowest BCUT2D eigenvalue weighted by atomic mass is 10.0. The number of benzene rings is 1. The van der Waals surface area contributed by atoms with Gasteiger partial charge in [0, 0.05) is 17.3 Å². The topological polar surface area (TPSA) is 88.2 Å². The minimum Gasteiger partial charge on any atom is -0.478 e. The second-order valence-electron chi connectivity index (χ2n) is 4.82. The van der Waals surface area contributed by atoms with Crippen molar-refractivity contribution in [3.8, 4) is 0 Å². The number of thiazole rings is 1. The number of nitrogens with zero attached hydrogens (tertiary/aromatic N) is 1. The van der Waals surface area contributed by atoms with E-state index < -0.39 is 11.5 Å². The van der Waals surface area contributed by atoms with Gasteiger partial charge in [-0.3, -0.25) is 0 Å². The number of anilines is 2. The monoisotopic (exact) mass is 311 g/mol. The van der Waals surface area contributed by atoms with Crippen molar-refractivity contribution in [3.63, 3.8) is 0 Å². The molecule has 0 fully saturated rings. The molecule has 2 rings (SSSR count). The predicted octanol–water partition coefficient (Wildman–Crippen LogP) is 3.42. The molecular formula is C13H14ClN3O2S. The van der Waals surface area contributed by atoms with Gasteiger partial charge in [-0.25, -0.2) is 9.78 Å². The van der Waals surface area contributed by atoms with Crippen LogP contribution in [-0.2, 0) is 5.54 Å². The van der Waals surface area contributed by atoms with Gasteiger partial charge in [0.15, 0.2) is 0 Å². The number of hydrogen-bond donors (Lipinski definition) is 3. The number of aromatic nitrogens is 1. The molecule has 7 heteroatoms. The molecule has 4 N–H and O–H groups in total. The maximum absolute atomic E-state index is 11.3. The third-order valence-corrected chi connectivity index (χ3v) is 4.14. The van der Waals surface area contributed by atoms with Crippen LogP contribution in [0.3, 0.4) is 0 Å². The van der Waals surface area contributed by atoms with Gasteiger partial charge in [-0.05, 0) is 26.0 Å². The normalized spacial score (nSPS) is 11.3. The van der Waals surface area contributed by atoms with Crippen LogP contribution in [0.5, 0.6) is 0 Å². The molecule has 1 heterocycles. The Morgan fingerprint density at radius 3 is 2.75 bits per heavy atom. The predicted molar refractivity (Wildman–Crippen MR) is 81.6 cm³/mol. The molecule has 0 atom stereocenters. The van der Waals surface area contributed by atoms with E-state index in [0.717, 1.165) is 5.01 Å². The molecule has 0 unspecified atom stereocenters. The average molecular weight is 312 g/mol. The Hall–Kier alpha value is -1.79. The smallest absolute Gasteiger partial charge is 0.337 e. The first-order valence-electron chi connectivity index (χ1n) is 5.82. The van der Waals surface area contributed by atoms with Crippen LogP contribution in [0, 0.1) is 0 Å². The Labute approximate surface area is 125 Å². The summed E-state index contributed by atoms with van der Waals surface area (Å²) in [5.74, 6) is -1.09. The van der Waals surface area contributed by atoms with Crippen molar-refractivity contribution in [1.29, 1.82) is 0 Å². The highest BCUT2D eigenvalue weighted by molar-refractivity contribution is 7.09. The fourth-order valence-electron chi connectivity index (χ4n) is 1.82. The van der Waals surface area contributed by atoms with Crippen molar-refractivity contribution in [2.45, 2.75) is 19.4 Å². The van der Waals surface area contributed by atoms with E-state index in [4.69, 9.17) is 17.3 Å². The van der Waals surface area contributed by atoms with Crippen LogP contribution in [0.2, 0.25) is 5.02 Å². The standard InChI is InChI=1S/C13H14ClN3O2S/c1-13(2,12-16-3-4-20-12)17-10-8(11(18)19)5-7(15)6-9(10)14/h3-6,17H,15H2,1-2H3,(H,18,19). The number of rotatable bonds is 4. The van der Waals surface area contributed by atoms with E-state index in [1.807, 2.05) is 19.2 Å². The van der Waals surface area contributed by atoms with Crippen LogP contribution in [-0.4, -0.2) is 16.1 Å². The van der Waals surface area contributed by atoms with Crippen molar-refractivity contribution in [2.75, 3.05) is 11.1 Å². The molecule has 1 aromatic heterocycles. The molecular weight excluding hydrogens is 298 g/mol. The lowest BCUT2D eigenvalue weighted by molar-refractivity contribution is 0.0698. The van der Waals surface area contributed by atoms with E-state index in [-0.39, 0.29) is 10.6 Å². The Kier molecular flexibility index (Phi) is 3.87. The summed E-state index contributed by atoms with van der Waals surface area (Å²) in [6.45, 7) is 3.81. The van der Waals surface area contributed by atoms with Crippen molar-refractivity contribution in [3.05, 3.63) is 39.3 Å². The zero-order chi connectivity index (χ0) is 14.9. The first-order chi connectivity index (χ1) is 9.31. The molecule has 1 aromatic carbocycles. The molecule has 0 radical (unpaired) electrons. The third kappa shape index (κ3) is 2.86. The third-order valence-electron chi connectivity index (χ3n) is 2.75. The number of halogens is 1. The highest BCUT2D eigenvalue weighted by Gasteiger charge is 2.26. The van der Waals surface area contributed by atoms with Crippen molar-refractivity contribution in [1.82, 2.24) is 4.98 Å². The number of carboxylic acid groups (broad SMARTS) is 1. The lowest BCUT2D eigenvalue weighted by Gasteiger charge is -2.27. The molecule has 2 aromatic rings. The molecule has 0 bridgehead atoms. The van der Waals surface area contributed by atoms with Gasteiger partial charge in [0.05, 0.1) is 21.8 Å². The molecule has 0 saturated carbocycles. The quantitative estimate of drug-likeness (QED) is 0.753. The summed E-state index contributed by atoms with van der Waals surface area (Å²) in [7, 11) is 0. The second-order valence-corrected chi connectivity index (χ2v) is 6.12. The fourth-order valence-corrected chi connectivity index (χ4v) is 2.81. The SMILES string of the molecule is CC(C)(Nc1c(Cl)cc(N)cc1C(=O)O)c1nccs1. The van der Waals surface area contributed by atoms with Crippen LogP contribution in [0.25, 0.3) is 0 Å². The summed E-state index contributed by atoms with van der Waals surface area (Å²) in [5, 5.41) is 15.4. The summed E-state index contributed by atoms with van der Waals surface area (Å²) >= 11 is 7.61. The number of aromatic carboxylic acids is 1. The van der Waals surface area contributed by atoms with Crippen molar-refractivity contribution < 1.29 is 9.90 Å². The molecule has 0 saturated heterocycles. The number of hydrogen-bond acceptors (Lipinski definition) is 5. The number of nitrogens with one attached hydrogen (secondary N) is 1. The van der Waals surface area contributed by atoms with Crippen LogP contribution < -0.4 is 11.1 Å². The number of nitrogens with two attached hydrogens (primary N) is 1. The molecule has 0 aliphatic heterocycles. The molecule has 5 nitrogen and oxygen atoms in total. The van der Waals surface area contributed by atoms with Gasteiger partial charge in [0.1, 0.15) is 5.01 Å². The molecule has 0 aliphatic carbocycles. The zero-order valence-electron chi connectivity index (χ0n) is 11.0. The first kappa shape index (κ1) is 14.6. The van der Waals surface area contributed by atoms with Gasteiger partial charge in [-0.15, -0.1) is 11.3 Å². The maximum Gasteiger partial charge on any atom is 0.337 e. The lowest BCUT2D eigenvalue weighted by Crippen LogP contribution is -2.29. The largest absolute Gasteiger partial charge is 0.478 e. The fraction of sp³-hybridized carbons (Fsp3) is 0.231. The van der Waals surface area contributed by atoms with E-state index in [0.29, 0.717) is 11.4 Å². The van der Waals surface area contributed by atoms with Gasteiger partial charge in [-0.1, -0.05) is 11.6 Å². The van der Waals surface area contributed by atoms with E-state index in [1.165, 1.54) is 23.5 Å². The Morgan fingerprint density at radius 1 is 1.50 bits per heavy atom. The van der Waals surface area contributed by atoms with Crippen LogP contribution in [0.15, 0.2) is 23.7 Å². The molecule has 0 aliphatic rings. The molecule has 0 spiro atoms. The van der Waals surface area contributed by atoms with Crippen molar-refractivity contribution in [2.24, 2.45) is 0 Å². The van der Waals surface area contributed by atoms with E-state index in [2.05, 4.69) is 10.3 Å². The summed E-state index contributed by atoms with van der Waals surface area (Å²) < 4.78 is 0. The number of nitrogen functional groups attached to an aromatic ring is 1. The van der Waals surface area contributed by atoms with Gasteiger partial charge < -0.3 is 16.2 Å². The summed E-state index contributed by atoms with van der Waals surface area (Å²) in [6.07, 6.45) is 1.70. The summed E-state index contributed by atoms with van der Waals surface area (Å²) in [4.78, 5) is 15.6. The van der Waals surface area contributed by atoms with Gasteiger partial charge in [-0.2, -0.15) is 0 Å². The Bertz CT molecular complexity index is 641. The highest BCUT2D eigenvalue weighted by Crippen LogP contribution is 2.35. The molecule has 0 amide bonds. The second kappa shape index (κ2) is 5.30. The van der Waals surface area contributed by atoms with Gasteiger partial charge in [0.2, 0.25) is 0 Å². The zero-order valence-corrected chi connectivity index (χ0v) is 12.5. The van der Waals surface area contributed by atoms with E-state index >= 15 is 0 Å². The Morgan fingerprint density at radius 2 is 2.20 bits per heavy atom. The summed E-state index contributed by atoms with van der Waals surface area (Å²) in [6, 6.07) is 2.91. The number of carbonyl (C=O) groups is 1. The summed E-state index contributed by atoms with van der Waals surface area (Å²) in [5.41, 5.74) is 5.79. The van der Waals surface area contributed by atoms with Gasteiger partial charge >= 0.3 is 5.97 Å². The first-order valence-corrected chi connectivity index (χ1v) is 7.07. The minimum absolute atomic E-state index is 0.0413. The Balaban J connectivity index is 2.46. The average Bonchev–Trinajstić information content (AvgIpc) is 2.86. The van der Waals surface area contributed by atoms with E-state index in [1.54, 1.807) is 6.20 Å². The number of carboxylic acids is 1. The van der Waals surface area contributed by atoms with Gasteiger partial charge in [0.25, 0.3) is 0 Å². The highest BCUT2D eigenvalue weighted by atomic mass is 35.5. The van der Waals surface area contributed by atoms with Crippen LogP contribution in [0.1, 0.15) is 29.2 Å². The maximum atomic E-state index is 11.3. The van der Waals surface area contributed by atoms with Crippen molar-refractivity contribution >= 4 is 40.3 Å². The van der Waals surface area contributed by atoms with E-state index in [9.17, 15) is 9.90 Å². The minimum atomic E-state index is -1.09. The van der Waals surface area contributed by atoms with Crippen LogP contribution in [0.4, 0.5) is 11.4 Å². The molecule has 106 valence electrons. The molecule has 20 heavy (non-hydrogen) atoms.